The quantitative estimate of drug-likeness (QED) is 0.780. The van der Waals surface area contributed by atoms with E-state index in [1.54, 1.807) is 0 Å². The number of amides is 2. The number of nitrogens with two attached hydrogens (primary N) is 1. The summed E-state index contributed by atoms with van der Waals surface area (Å²) in [4.78, 5) is 24.9. The first kappa shape index (κ1) is 17.7. The fraction of sp³-hybridized carbons (Fsp3) is 0.579. The minimum absolute atomic E-state index is 0.104. The Bertz CT molecular complexity index is 613. The normalized spacial score (nSPS) is 23.3. The van der Waals surface area contributed by atoms with E-state index >= 15 is 0 Å². The molecule has 0 radical (unpaired) electrons. The summed E-state index contributed by atoms with van der Waals surface area (Å²) >= 11 is 0. The molecule has 1 aliphatic heterocycles. The van der Waals surface area contributed by atoms with Crippen LogP contribution < -0.4 is 15.8 Å². The maximum absolute atomic E-state index is 12.2. The van der Waals surface area contributed by atoms with Gasteiger partial charge in [0.15, 0.2) is 6.61 Å². The van der Waals surface area contributed by atoms with Gasteiger partial charge in [-0.25, -0.2) is 0 Å². The lowest BCUT2D eigenvalue weighted by molar-refractivity contribution is -0.134. The molecule has 2 amide bonds. The molecule has 1 saturated heterocycles. The smallest absolute Gasteiger partial charge is 0.255 e. The second-order valence-electron chi connectivity index (χ2n) is 7.21. The van der Waals surface area contributed by atoms with E-state index in [1.807, 2.05) is 29.2 Å². The summed E-state index contributed by atoms with van der Waals surface area (Å²) in [6.45, 7) is 4.60. The largest absolute Gasteiger partial charge is 0.484 e. The van der Waals surface area contributed by atoms with Gasteiger partial charge in [-0.05, 0) is 42.9 Å². The Morgan fingerprint density at radius 2 is 1.96 bits per heavy atom. The Labute approximate surface area is 148 Å². The van der Waals surface area contributed by atoms with Crippen molar-refractivity contribution < 1.29 is 14.3 Å². The molecule has 1 aliphatic carbocycles. The number of primary amides is 1. The van der Waals surface area contributed by atoms with Crippen LogP contribution in [0.1, 0.15) is 31.7 Å². The third-order valence-corrected chi connectivity index (χ3v) is 5.02. The molecule has 0 aromatic heterocycles. The summed E-state index contributed by atoms with van der Waals surface area (Å²) in [5.74, 6) is 1.28. The van der Waals surface area contributed by atoms with E-state index in [2.05, 4.69) is 12.2 Å². The lowest BCUT2D eigenvalue weighted by Gasteiger charge is -2.37. The Morgan fingerprint density at radius 3 is 2.56 bits per heavy atom. The molecule has 3 N–H and O–H groups in total. The van der Waals surface area contributed by atoms with Gasteiger partial charge in [-0.1, -0.05) is 19.1 Å². The van der Waals surface area contributed by atoms with Crippen molar-refractivity contribution in [2.75, 3.05) is 19.7 Å². The second-order valence-corrected chi connectivity index (χ2v) is 7.21. The molecule has 1 aromatic rings. The summed E-state index contributed by atoms with van der Waals surface area (Å²) < 4.78 is 5.26. The van der Waals surface area contributed by atoms with E-state index in [0.717, 1.165) is 44.5 Å². The van der Waals surface area contributed by atoms with E-state index in [1.165, 1.54) is 0 Å². The number of carbonyl (C=O) groups excluding carboxylic acids is 2. The molecule has 2 aliphatic rings. The molecule has 6 heteroatoms. The summed E-state index contributed by atoms with van der Waals surface area (Å²) in [6, 6.07) is 8.09. The van der Waals surface area contributed by atoms with E-state index in [9.17, 15) is 9.59 Å². The number of hydrogen-bond acceptors (Lipinski definition) is 4. The molecule has 1 saturated carbocycles. The number of rotatable bonds is 7. The molecule has 6 nitrogen and oxygen atoms in total. The number of nitrogens with one attached hydrogen (secondary N) is 1. The van der Waals surface area contributed by atoms with Gasteiger partial charge in [-0.15, -0.1) is 0 Å². The molecule has 2 atom stereocenters. The van der Waals surface area contributed by atoms with Crippen molar-refractivity contribution in [2.24, 2.45) is 17.6 Å². The topological polar surface area (TPSA) is 84.7 Å². The zero-order chi connectivity index (χ0) is 17.8. The molecule has 2 fully saturated rings. The summed E-state index contributed by atoms with van der Waals surface area (Å²) in [5.41, 5.74) is 6.23. The van der Waals surface area contributed by atoms with Crippen LogP contribution in [0.2, 0.25) is 0 Å². The van der Waals surface area contributed by atoms with Gasteiger partial charge in [0.2, 0.25) is 5.91 Å². The van der Waals surface area contributed by atoms with Gasteiger partial charge in [0.1, 0.15) is 5.75 Å². The highest BCUT2D eigenvalue weighted by Gasteiger charge is 2.36. The molecular weight excluding hydrogens is 318 g/mol. The highest BCUT2D eigenvalue weighted by Crippen LogP contribution is 2.32. The minimum atomic E-state index is -0.480. The first-order valence-electron chi connectivity index (χ1n) is 9.05. The van der Waals surface area contributed by atoms with Gasteiger partial charge in [-0.2, -0.15) is 0 Å². The summed E-state index contributed by atoms with van der Waals surface area (Å²) in [5, 5.41) is 3.61. The minimum Gasteiger partial charge on any atom is -0.484 e. The first-order valence-corrected chi connectivity index (χ1v) is 9.05. The van der Waals surface area contributed by atoms with Crippen LogP contribution in [0.4, 0.5) is 0 Å². The molecule has 0 bridgehead atoms. The molecule has 25 heavy (non-hydrogen) atoms. The van der Waals surface area contributed by atoms with Crippen molar-refractivity contribution in [1.82, 2.24) is 10.2 Å². The van der Waals surface area contributed by atoms with Crippen LogP contribution in [-0.4, -0.2) is 42.5 Å². The summed E-state index contributed by atoms with van der Waals surface area (Å²) in [7, 11) is 0. The van der Waals surface area contributed by atoms with Crippen LogP contribution >= 0.6 is 0 Å². The highest BCUT2D eigenvalue weighted by molar-refractivity contribution is 5.81. The van der Waals surface area contributed by atoms with Gasteiger partial charge in [0.05, 0.1) is 0 Å². The van der Waals surface area contributed by atoms with Crippen molar-refractivity contribution in [3.8, 4) is 5.75 Å². The lowest BCUT2D eigenvalue weighted by Crippen LogP contribution is -2.50. The Kier molecular flexibility index (Phi) is 5.58. The van der Waals surface area contributed by atoms with Gasteiger partial charge in [-0.3, -0.25) is 9.59 Å². The zero-order valence-electron chi connectivity index (χ0n) is 14.7. The van der Waals surface area contributed by atoms with Crippen molar-refractivity contribution in [3.63, 3.8) is 0 Å². The Hall–Kier alpha value is -2.08. The molecule has 0 spiro atoms. The fourth-order valence-electron chi connectivity index (χ4n) is 3.34. The van der Waals surface area contributed by atoms with Gasteiger partial charge in [0.25, 0.3) is 5.91 Å². The van der Waals surface area contributed by atoms with Crippen molar-refractivity contribution in [3.05, 3.63) is 29.8 Å². The zero-order valence-corrected chi connectivity index (χ0v) is 14.7. The van der Waals surface area contributed by atoms with E-state index < -0.39 is 5.91 Å². The molecule has 1 heterocycles. The van der Waals surface area contributed by atoms with E-state index in [-0.39, 0.29) is 6.61 Å². The van der Waals surface area contributed by atoms with Crippen LogP contribution in [-0.2, 0) is 16.1 Å². The van der Waals surface area contributed by atoms with Crippen LogP contribution in [0, 0.1) is 11.8 Å². The molecule has 136 valence electrons. The maximum Gasteiger partial charge on any atom is 0.255 e. The monoisotopic (exact) mass is 345 g/mol. The number of benzene rings is 1. The summed E-state index contributed by atoms with van der Waals surface area (Å²) in [6.07, 6.45) is 3.15. The number of hydrogen-bond donors (Lipinski definition) is 2. The standard InChI is InChI=1S/C19H27N3O3/c1-13-11-22(19(24)15-4-5-15)9-8-17(13)21-10-14-2-6-16(7-3-14)25-12-18(20)23/h2-3,6-7,13,15,17,21H,4-5,8-12H2,1H3,(H2,20,23)/t13-,17+/m1/s1. The average Bonchev–Trinajstić information content (AvgIpc) is 3.44. The van der Waals surface area contributed by atoms with E-state index in [0.29, 0.717) is 29.5 Å². The number of carbonyl (C=O) groups is 2. The van der Waals surface area contributed by atoms with Crippen molar-refractivity contribution in [2.45, 2.75) is 38.8 Å². The van der Waals surface area contributed by atoms with Crippen LogP contribution in [0.15, 0.2) is 24.3 Å². The Morgan fingerprint density at radius 1 is 1.24 bits per heavy atom. The third-order valence-electron chi connectivity index (χ3n) is 5.02. The predicted octanol–water partition coefficient (Wildman–Crippen LogP) is 1.29. The highest BCUT2D eigenvalue weighted by atomic mass is 16.5. The van der Waals surface area contributed by atoms with Crippen molar-refractivity contribution in [1.29, 1.82) is 0 Å². The first-order chi connectivity index (χ1) is 12.0. The van der Waals surface area contributed by atoms with Crippen LogP contribution in [0.25, 0.3) is 0 Å². The number of piperidine rings is 1. The van der Waals surface area contributed by atoms with Gasteiger partial charge < -0.3 is 20.7 Å². The van der Waals surface area contributed by atoms with Crippen molar-refractivity contribution >= 4 is 11.8 Å². The Balaban J connectivity index is 1.44. The molecule has 1 aromatic carbocycles. The third kappa shape index (κ3) is 4.95. The lowest BCUT2D eigenvalue weighted by atomic mass is 9.93. The van der Waals surface area contributed by atoms with E-state index in [4.69, 9.17) is 10.5 Å². The SMILES string of the molecule is C[C@@H]1CN(C(=O)C2CC2)CC[C@@H]1NCc1ccc(OCC(N)=O)cc1. The number of nitrogens with zero attached hydrogens (tertiary/aromatic N) is 1. The van der Waals surface area contributed by atoms with Gasteiger partial charge >= 0.3 is 0 Å². The van der Waals surface area contributed by atoms with Gasteiger partial charge in [0, 0.05) is 31.6 Å². The molecule has 0 unspecified atom stereocenters. The fourth-order valence-corrected chi connectivity index (χ4v) is 3.34. The molecule has 3 rings (SSSR count). The molecular formula is C19H27N3O3. The maximum atomic E-state index is 12.2. The number of likely N-dealkylation sites (tertiary alicyclic amines) is 1. The predicted molar refractivity (Wildman–Crippen MR) is 94.8 cm³/mol. The number of ether oxygens (including phenoxy) is 1. The average molecular weight is 345 g/mol. The van der Waals surface area contributed by atoms with Crippen LogP contribution in [0.3, 0.4) is 0 Å². The van der Waals surface area contributed by atoms with Crippen LogP contribution in [0.5, 0.6) is 5.75 Å². The second kappa shape index (κ2) is 7.87.